The van der Waals surface area contributed by atoms with E-state index in [4.69, 9.17) is 4.74 Å². The van der Waals surface area contributed by atoms with Crippen molar-refractivity contribution in [2.24, 2.45) is 0 Å². The van der Waals surface area contributed by atoms with Crippen LogP contribution in [0.1, 0.15) is 32.8 Å². The number of urea groups is 1. The number of amides is 4. The lowest BCUT2D eigenvalue weighted by Crippen LogP contribution is -2.43. The number of hydrogen-bond donors (Lipinski definition) is 2. The summed E-state index contributed by atoms with van der Waals surface area (Å²) in [5.74, 6) is -0.166. The molecule has 1 aliphatic rings. The molecule has 0 radical (unpaired) electrons. The van der Waals surface area contributed by atoms with Gasteiger partial charge in [-0.3, -0.25) is 14.5 Å². The highest BCUT2D eigenvalue weighted by Gasteiger charge is 2.49. The van der Waals surface area contributed by atoms with E-state index in [0.717, 1.165) is 16.9 Å². The third-order valence-electron chi connectivity index (χ3n) is 4.07. The fraction of sp³-hybridized carbons (Fsp3) is 0.421. The first-order valence-electron chi connectivity index (χ1n) is 8.56. The van der Waals surface area contributed by atoms with Crippen LogP contribution in [-0.2, 0) is 15.1 Å². The van der Waals surface area contributed by atoms with E-state index in [-0.39, 0.29) is 12.5 Å². The summed E-state index contributed by atoms with van der Waals surface area (Å²) in [5.41, 5.74) is 0.306. The molecule has 1 fully saturated rings. The van der Waals surface area contributed by atoms with Crippen LogP contribution in [0, 0.1) is 0 Å². The molecule has 26 heavy (non-hydrogen) atoms. The molecule has 1 saturated heterocycles. The maximum absolute atomic E-state index is 12.8. The van der Waals surface area contributed by atoms with Crippen molar-refractivity contribution in [3.63, 3.8) is 0 Å². The van der Waals surface area contributed by atoms with Crippen LogP contribution >= 0.6 is 0 Å². The number of carbonyl (C=O) groups is 3. The van der Waals surface area contributed by atoms with Gasteiger partial charge in [-0.1, -0.05) is 25.6 Å². The van der Waals surface area contributed by atoms with Crippen LogP contribution in [-0.4, -0.2) is 42.4 Å². The minimum absolute atomic E-state index is 0.292. The maximum Gasteiger partial charge on any atom is 0.325 e. The van der Waals surface area contributed by atoms with Gasteiger partial charge >= 0.3 is 6.03 Å². The molecule has 1 atom stereocenters. The lowest BCUT2D eigenvalue weighted by atomic mass is 9.92. The van der Waals surface area contributed by atoms with Crippen molar-refractivity contribution in [1.29, 1.82) is 0 Å². The van der Waals surface area contributed by atoms with E-state index in [1.807, 2.05) is 13.8 Å². The van der Waals surface area contributed by atoms with Gasteiger partial charge in [-0.2, -0.15) is 0 Å². The second-order valence-corrected chi connectivity index (χ2v) is 6.57. The Bertz CT molecular complexity index is 714. The number of nitrogens with one attached hydrogen (secondary N) is 2. The molecular formula is C19H25N3O4. The van der Waals surface area contributed by atoms with Gasteiger partial charge in [0.05, 0.1) is 0 Å². The SMILES string of the molecule is C=C(C)COc1ccc(C2(C)NC(=O)N(CC(=O)NCCC)C2=O)cc1. The number of benzene rings is 1. The molecule has 1 aromatic rings. The van der Waals surface area contributed by atoms with Gasteiger partial charge < -0.3 is 15.4 Å². The molecule has 0 aromatic heterocycles. The highest BCUT2D eigenvalue weighted by atomic mass is 16.5. The van der Waals surface area contributed by atoms with Crippen LogP contribution in [0.3, 0.4) is 0 Å². The summed E-state index contributed by atoms with van der Waals surface area (Å²) in [6, 6.07) is 6.35. The first-order valence-corrected chi connectivity index (χ1v) is 8.56. The van der Waals surface area contributed by atoms with Gasteiger partial charge in [0.25, 0.3) is 5.91 Å². The second-order valence-electron chi connectivity index (χ2n) is 6.57. The van der Waals surface area contributed by atoms with Crippen molar-refractivity contribution in [3.8, 4) is 5.75 Å². The van der Waals surface area contributed by atoms with E-state index in [1.165, 1.54) is 0 Å². The number of rotatable bonds is 8. The Labute approximate surface area is 153 Å². The standard InChI is InChI=1S/C19H25N3O4/c1-5-10-20-16(23)11-22-17(24)19(4,21-18(22)25)14-6-8-15(9-7-14)26-12-13(2)3/h6-9H,2,5,10-12H2,1,3-4H3,(H,20,23)(H,21,25). The zero-order valence-corrected chi connectivity index (χ0v) is 15.4. The molecule has 0 saturated carbocycles. The van der Waals surface area contributed by atoms with Crippen molar-refractivity contribution >= 4 is 17.8 Å². The molecular weight excluding hydrogens is 334 g/mol. The average Bonchev–Trinajstić information content (AvgIpc) is 2.82. The summed E-state index contributed by atoms with van der Waals surface area (Å²) in [7, 11) is 0. The highest BCUT2D eigenvalue weighted by molar-refractivity contribution is 6.09. The highest BCUT2D eigenvalue weighted by Crippen LogP contribution is 2.30. The van der Waals surface area contributed by atoms with Crippen LogP contribution in [0.15, 0.2) is 36.4 Å². The molecule has 1 aromatic carbocycles. The Kier molecular flexibility index (Phi) is 6.02. The fourth-order valence-corrected chi connectivity index (χ4v) is 2.59. The number of ether oxygens (including phenoxy) is 1. The van der Waals surface area contributed by atoms with Crippen LogP contribution in [0.4, 0.5) is 4.79 Å². The first kappa shape index (κ1) is 19.5. The Morgan fingerprint density at radius 1 is 1.31 bits per heavy atom. The molecule has 1 unspecified atom stereocenters. The largest absolute Gasteiger partial charge is 0.489 e. The van der Waals surface area contributed by atoms with Gasteiger partial charge in [0.2, 0.25) is 5.91 Å². The zero-order valence-electron chi connectivity index (χ0n) is 15.4. The predicted octanol–water partition coefficient (Wildman–Crippen LogP) is 1.93. The van der Waals surface area contributed by atoms with Gasteiger partial charge in [-0.25, -0.2) is 4.79 Å². The van der Waals surface area contributed by atoms with E-state index in [1.54, 1.807) is 31.2 Å². The van der Waals surface area contributed by atoms with Crippen molar-refractivity contribution in [3.05, 3.63) is 42.0 Å². The Morgan fingerprint density at radius 3 is 2.54 bits per heavy atom. The minimum Gasteiger partial charge on any atom is -0.489 e. The van der Waals surface area contributed by atoms with Gasteiger partial charge in [0.15, 0.2) is 0 Å². The Morgan fingerprint density at radius 2 is 1.96 bits per heavy atom. The van der Waals surface area contributed by atoms with Crippen LogP contribution < -0.4 is 15.4 Å². The summed E-state index contributed by atoms with van der Waals surface area (Å²) in [6.45, 7) is 9.82. The topological polar surface area (TPSA) is 87.7 Å². The van der Waals surface area contributed by atoms with E-state index < -0.39 is 17.5 Å². The molecule has 140 valence electrons. The number of imide groups is 1. The summed E-state index contributed by atoms with van der Waals surface area (Å²) in [6.07, 6.45) is 0.781. The summed E-state index contributed by atoms with van der Waals surface area (Å²) in [5, 5.41) is 5.34. The molecule has 7 nitrogen and oxygen atoms in total. The van der Waals surface area contributed by atoms with Crippen molar-refractivity contribution in [2.75, 3.05) is 19.7 Å². The number of nitrogens with zero attached hydrogens (tertiary/aromatic N) is 1. The van der Waals surface area contributed by atoms with Gasteiger partial charge in [-0.15, -0.1) is 0 Å². The molecule has 2 rings (SSSR count). The van der Waals surface area contributed by atoms with Crippen LogP contribution in [0.25, 0.3) is 0 Å². The minimum atomic E-state index is -1.21. The smallest absolute Gasteiger partial charge is 0.325 e. The van der Waals surface area contributed by atoms with Gasteiger partial charge in [0.1, 0.15) is 24.4 Å². The van der Waals surface area contributed by atoms with Crippen molar-refractivity contribution in [1.82, 2.24) is 15.5 Å². The molecule has 0 aliphatic carbocycles. The van der Waals surface area contributed by atoms with Crippen molar-refractivity contribution < 1.29 is 19.1 Å². The Balaban J connectivity index is 2.11. The zero-order chi connectivity index (χ0) is 19.3. The van der Waals surface area contributed by atoms with E-state index in [9.17, 15) is 14.4 Å². The molecule has 0 spiro atoms. The first-order chi connectivity index (χ1) is 12.3. The van der Waals surface area contributed by atoms with Crippen LogP contribution in [0.5, 0.6) is 5.75 Å². The molecule has 1 aliphatic heterocycles. The summed E-state index contributed by atoms with van der Waals surface area (Å²) in [4.78, 5) is 37.8. The third-order valence-corrected chi connectivity index (χ3v) is 4.07. The van der Waals surface area contributed by atoms with Crippen LogP contribution in [0.2, 0.25) is 0 Å². The predicted molar refractivity (Wildman–Crippen MR) is 97.6 cm³/mol. The van der Waals surface area contributed by atoms with Crippen molar-refractivity contribution in [2.45, 2.75) is 32.7 Å². The molecule has 2 N–H and O–H groups in total. The average molecular weight is 359 g/mol. The second kappa shape index (κ2) is 8.03. The Hall–Kier alpha value is -2.83. The number of carbonyl (C=O) groups excluding carboxylic acids is 3. The molecule has 4 amide bonds. The van der Waals surface area contributed by atoms with E-state index in [2.05, 4.69) is 17.2 Å². The van der Waals surface area contributed by atoms with Gasteiger partial charge in [0, 0.05) is 6.54 Å². The molecule has 7 heteroatoms. The normalized spacial score (nSPS) is 19.3. The monoisotopic (exact) mass is 359 g/mol. The van der Waals surface area contributed by atoms with E-state index >= 15 is 0 Å². The van der Waals surface area contributed by atoms with E-state index in [0.29, 0.717) is 24.5 Å². The molecule has 1 heterocycles. The third kappa shape index (κ3) is 4.22. The summed E-state index contributed by atoms with van der Waals surface area (Å²) >= 11 is 0. The lowest BCUT2D eigenvalue weighted by molar-refractivity contribution is -0.134. The quantitative estimate of drug-likeness (QED) is 0.548. The molecule has 0 bridgehead atoms. The summed E-state index contributed by atoms with van der Waals surface area (Å²) < 4.78 is 5.54. The fourth-order valence-electron chi connectivity index (χ4n) is 2.59. The van der Waals surface area contributed by atoms with Gasteiger partial charge in [-0.05, 0) is 43.5 Å². The number of hydrogen-bond acceptors (Lipinski definition) is 4. The maximum atomic E-state index is 12.8. The lowest BCUT2D eigenvalue weighted by Gasteiger charge is -2.22.